The van der Waals surface area contributed by atoms with Crippen molar-refractivity contribution >= 4 is 0 Å². The smallest absolute Gasteiger partial charge is 0.359 e. The number of hydrogen-bond acceptors (Lipinski definition) is 1. The molecule has 1 saturated heterocycles. The molecule has 0 spiro atoms. The molecular formula is C15H11F3O. The van der Waals surface area contributed by atoms with E-state index in [1.54, 1.807) is 0 Å². The average Bonchev–Trinajstić information content (AvgIpc) is 3.19. The number of ether oxygens (including phenoxy) is 1. The lowest BCUT2D eigenvalue weighted by atomic mass is 10.0. The average molecular weight is 264 g/mol. The fraction of sp³-hybridized carbons (Fsp3) is 0.200. The molecule has 1 nitrogen and oxygen atoms in total. The zero-order valence-corrected chi connectivity index (χ0v) is 9.89. The van der Waals surface area contributed by atoms with Crippen molar-refractivity contribution in [1.82, 2.24) is 0 Å². The van der Waals surface area contributed by atoms with Gasteiger partial charge in [-0.15, -0.1) is 0 Å². The number of alkyl halides is 3. The number of hydrogen-bond donors (Lipinski definition) is 0. The third-order valence-electron chi connectivity index (χ3n) is 3.19. The predicted octanol–water partition coefficient (Wildman–Crippen LogP) is 4.52. The van der Waals surface area contributed by atoms with E-state index >= 15 is 0 Å². The van der Waals surface area contributed by atoms with Gasteiger partial charge in [0, 0.05) is 0 Å². The molecule has 2 atom stereocenters. The Bertz CT molecular complexity index is 560. The van der Waals surface area contributed by atoms with Gasteiger partial charge in [0.1, 0.15) is 12.2 Å². The third-order valence-corrected chi connectivity index (χ3v) is 3.19. The minimum absolute atomic E-state index is 0.0436. The molecule has 0 saturated carbocycles. The Labute approximate surface area is 108 Å². The van der Waals surface area contributed by atoms with Crippen LogP contribution in [-0.4, -0.2) is 0 Å². The molecule has 0 aliphatic carbocycles. The Morgan fingerprint density at radius 3 is 1.79 bits per heavy atom. The van der Waals surface area contributed by atoms with Crippen molar-refractivity contribution in [2.24, 2.45) is 0 Å². The molecule has 98 valence electrons. The molecule has 0 radical (unpaired) electrons. The molecule has 1 heterocycles. The maximum Gasteiger partial charge on any atom is 0.416 e. The molecule has 1 aliphatic heterocycles. The zero-order valence-electron chi connectivity index (χ0n) is 9.89. The van der Waals surface area contributed by atoms with Gasteiger partial charge in [-0.2, -0.15) is 13.2 Å². The Morgan fingerprint density at radius 2 is 1.26 bits per heavy atom. The molecule has 19 heavy (non-hydrogen) atoms. The first kappa shape index (κ1) is 12.2. The number of halogens is 3. The predicted molar refractivity (Wildman–Crippen MR) is 64.5 cm³/mol. The van der Waals surface area contributed by atoms with Crippen molar-refractivity contribution in [1.29, 1.82) is 0 Å². The second-order valence-corrected chi connectivity index (χ2v) is 4.51. The fourth-order valence-corrected chi connectivity index (χ4v) is 2.12. The van der Waals surface area contributed by atoms with Crippen LogP contribution >= 0.6 is 0 Å². The van der Waals surface area contributed by atoms with Crippen LogP contribution in [0, 0.1) is 0 Å². The van der Waals surface area contributed by atoms with Crippen LogP contribution in [-0.2, 0) is 10.9 Å². The Kier molecular flexibility index (Phi) is 2.82. The highest BCUT2D eigenvalue weighted by atomic mass is 19.4. The number of epoxide rings is 1. The van der Waals surface area contributed by atoms with Crippen LogP contribution in [0.4, 0.5) is 13.2 Å². The van der Waals surface area contributed by atoms with Gasteiger partial charge >= 0.3 is 6.18 Å². The van der Waals surface area contributed by atoms with Crippen LogP contribution in [0.3, 0.4) is 0 Å². The summed E-state index contributed by atoms with van der Waals surface area (Å²) < 4.78 is 42.9. The maximum absolute atomic E-state index is 12.4. The van der Waals surface area contributed by atoms with E-state index in [4.69, 9.17) is 4.74 Å². The minimum Gasteiger partial charge on any atom is -0.359 e. The lowest BCUT2D eigenvalue weighted by Gasteiger charge is -2.06. The summed E-state index contributed by atoms with van der Waals surface area (Å²) in [6.07, 6.45) is -4.47. The monoisotopic (exact) mass is 264 g/mol. The van der Waals surface area contributed by atoms with Gasteiger partial charge in [-0.25, -0.2) is 0 Å². The standard InChI is InChI=1S/C15H11F3O/c16-15(17,18)12-8-6-11(7-9-12)14-13(19-14)10-4-2-1-3-5-10/h1-9,13-14H/t13-,14-/m0/s1. The van der Waals surface area contributed by atoms with Gasteiger partial charge in [0.25, 0.3) is 0 Å². The molecule has 2 aromatic carbocycles. The lowest BCUT2D eigenvalue weighted by Crippen LogP contribution is -2.04. The van der Waals surface area contributed by atoms with E-state index in [-0.39, 0.29) is 12.2 Å². The van der Waals surface area contributed by atoms with Gasteiger partial charge in [-0.1, -0.05) is 42.5 Å². The van der Waals surface area contributed by atoms with E-state index in [0.717, 1.165) is 23.3 Å². The fourth-order valence-electron chi connectivity index (χ4n) is 2.12. The second kappa shape index (κ2) is 4.38. The SMILES string of the molecule is FC(F)(F)c1ccc([C@@H]2O[C@H]2c2ccccc2)cc1. The molecule has 0 unspecified atom stereocenters. The van der Waals surface area contributed by atoms with Gasteiger partial charge < -0.3 is 4.74 Å². The Morgan fingerprint density at radius 1 is 0.737 bits per heavy atom. The van der Waals surface area contributed by atoms with Crippen molar-refractivity contribution in [3.05, 3.63) is 71.3 Å². The molecule has 4 heteroatoms. The Hall–Kier alpha value is -1.81. The van der Waals surface area contributed by atoms with Crippen molar-refractivity contribution in [2.45, 2.75) is 18.4 Å². The van der Waals surface area contributed by atoms with Crippen LogP contribution in [0.2, 0.25) is 0 Å². The summed E-state index contributed by atoms with van der Waals surface area (Å²) in [5.74, 6) is 0. The summed E-state index contributed by atoms with van der Waals surface area (Å²) in [5, 5.41) is 0. The van der Waals surface area contributed by atoms with Crippen molar-refractivity contribution in [3.63, 3.8) is 0 Å². The van der Waals surface area contributed by atoms with Gasteiger partial charge in [0.05, 0.1) is 5.56 Å². The first-order valence-electron chi connectivity index (χ1n) is 5.93. The van der Waals surface area contributed by atoms with Crippen LogP contribution in [0.5, 0.6) is 0 Å². The molecule has 0 amide bonds. The molecule has 0 bridgehead atoms. The molecule has 2 aromatic rings. The molecular weight excluding hydrogens is 253 g/mol. The first-order chi connectivity index (χ1) is 9.05. The van der Waals surface area contributed by atoms with Crippen molar-refractivity contribution in [2.75, 3.05) is 0 Å². The highest BCUT2D eigenvalue weighted by Crippen LogP contribution is 2.50. The normalized spacial score (nSPS) is 22.3. The molecule has 1 fully saturated rings. The summed E-state index contributed by atoms with van der Waals surface area (Å²) in [4.78, 5) is 0. The van der Waals surface area contributed by atoms with Crippen LogP contribution in [0.25, 0.3) is 0 Å². The van der Waals surface area contributed by atoms with E-state index in [9.17, 15) is 13.2 Å². The second-order valence-electron chi connectivity index (χ2n) is 4.51. The quantitative estimate of drug-likeness (QED) is 0.726. The van der Waals surface area contributed by atoms with E-state index < -0.39 is 11.7 Å². The summed E-state index contributed by atoms with van der Waals surface area (Å²) in [7, 11) is 0. The van der Waals surface area contributed by atoms with Gasteiger partial charge in [0.15, 0.2) is 0 Å². The Balaban J connectivity index is 1.76. The zero-order chi connectivity index (χ0) is 13.5. The number of benzene rings is 2. The van der Waals surface area contributed by atoms with Crippen molar-refractivity contribution in [3.8, 4) is 0 Å². The molecule has 1 aliphatic rings. The first-order valence-corrected chi connectivity index (χ1v) is 5.93. The summed E-state index contributed by atoms with van der Waals surface area (Å²) in [6.45, 7) is 0. The maximum atomic E-state index is 12.4. The summed E-state index contributed by atoms with van der Waals surface area (Å²) in [6, 6.07) is 14.8. The molecule has 0 aromatic heterocycles. The van der Waals surface area contributed by atoms with E-state index in [0.29, 0.717) is 0 Å². The number of rotatable bonds is 2. The van der Waals surface area contributed by atoms with Crippen LogP contribution in [0.15, 0.2) is 54.6 Å². The topological polar surface area (TPSA) is 12.5 Å². The highest BCUT2D eigenvalue weighted by molar-refractivity contribution is 5.32. The largest absolute Gasteiger partial charge is 0.416 e. The van der Waals surface area contributed by atoms with Crippen molar-refractivity contribution < 1.29 is 17.9 Å². The van der Waals surface area contributed by atoms with E-state index in [2.05, 4.69) is 0 Å². The van der Waals surface area contributed by atoms with Gasteiger partial charge in [-0.05, 0) is 23.3 Å². The van der Waals surface area contributed by atoms with E-state index in [1.165, 1.54) is 12.1 Å². The molecule has 3 rings (SSSR count). The highest BCUT2D eigenvalue weighted by Gasteiger charge is 2.41. The minimum atomic E-state index is -4.29. The molecule has 0 N–H and O–H groups in total. The summed E-state index contributed by atoms with van der Waals surface area (Å²) in [5.41, 5.74) is 1.20. The van der Waals surface area contributed by atoms with Gasteiger partial charge in [0.2, 0.25) is 0 Å². The third kappa shape index (κ3) is 2.49. The van der Waals surface area contributed by atoms with Crippen LogP contribution in [0.1, 0.15) is 28.9 Å². The van der Waals surface area contributed by atoms with E-state index in [1.807, 2.05) is 30.3 Å². The van der Waals surface area contributed by atoms with Crippen LogP contribution < -0.4 is 0 Å². The van der Waals surface area contributed by atoms with Gasteiger partial charge in [-0.3, -0.25) is 0 Å². The lowest BCUT2D eigenvalue weighted by molar-refractivity contribution is -0.137. The summed E-state index contributed by atoms with van der Waals surface area (Å²) >= 11 is 0.